The van der Waals surface area contributed by atoms with Crippen LogP contribution in [0.2, 0.25) is 0 Å². The SMILES string of the molecule is CC[N+](CC)(CC)[C@@H](C)C(=O)N[C@H](C)c1ccccc1. The van der Waals surface area contributed by atoms with Gasteiger partial charge < -0.3 is 9.80 Å². The summed E-state index contributed by atoms with van der Waals surface area (Å²) in [7, 11) is 0. The van der Waals surface area contributed by atoms with Crippen molar-refractivity contribution in [3.05, 3.63) is 35.9 Å². The fraction of sp³-hybridized carbons (Fsp3) is 0.588. The molecule has 3 heteroatoms. The molecule has 20 heavy (non-hydrogen) atoms. The highest BCUT2D eigenvalue weighted by molar-refractivity contribution is 5.80. The van der Waals surface area contributed by atoms with Gasteiger partial charge in [0.05, 0.1) is 25.7 Å². The van der Waals surface area contributed by atoms with Gasteiger partial charge >= 0.3 is 0 Å². The molecule has 0 saturated carbocycles. The molecule has 2 atom stereocenters. The molecular formula is C17H29N2O+. The predicted octanol–water partition coefficient (Wildman–Crippen LogP) is 3.13. The molecule has 1 aromatic rings. The number of likely N-dealkylation sites (N-methyl/N-ethyl adjacent to an activating group) is 1. The second kappa shape index (κ2) is 7.44. The first-order chi connectivity index (χ1) is 9.50. The van der Waals surface area contributed by atoms with E-state index < -0.39 is 0 Å². The Morgan fingerprint density at radius 1 is 1.05 bits per heavy atom. The summed E-state index contributed by atoms with van der Waals surface area (Å²) in [6.45, 7) is 13.5. The van der Waals surface area contributed by atoms with Crippen molar-refractivity contribution in [1.29, 1.82) is 0 Å². The molecule has 0 unspecified atom stereocenters. The fourth-order valence-electron chi connectivity index (χ4n) is 2.90. The van der Waals surface area contributed by atoms with Crippen LogP contribution in [0.25, 0.3) is 0 Å². The normalized spacial score (nSPS) is 14.7. The van der Waals surface area contributed by atoms with E-state index in [1.54, 1.807) is 0 Å². The molecule has 0 heterocycles. The number of hydrogen-bond donors (Lipinski definition) is 1. The molecule has 0 saturated heterocycles. The Bertz CT molecular complexity index is 404. The van der Waals surface area contributed by atoms with Gasteiger partial charge in [-0.05, 0) is 40.2 Å². The summed E-state index contributed by atoms with van der Waals surface area (Å²) < 4.78 is 0.841. The quantitative estimate of drug-likeness (QED) is 0.762. The first kappa shape index (κ1) is 16.7. The zero-order valence-corrected chi connectivity index (χ0v) is 13.5. The maximum Gasteiger partial charge on any atom is 0.278 e. The number of carbonyl (C=O) groups is 1. The van der Waals surface area contributed by atoms with E-state index in [9.17, 15) is 4.79 Å². The number of quaternary nitrogens is 1. The van der Waals surface area contributed by atoms with Crippen molar-refractivity contribution in [3.8, 4) is 0 Å². The highest BCUT2D eigenvalue weighted by Gasteiger charge is 2.34. The number of amides is 1. The van der Waals surface area contributed by atoms with E-state index in [2.05, 4.69) is 38.2 Å². The maximum absolute atomic E-state index is 12.5. The van der Waals surface area contributed by atoms with Crippen molar-refractivity contribution in [3.63, 3.8) is 0 Å². The Morgan fingerprint density at radius 3 is 2.00 bits per heavy atom. The number of nitrogens with one attached hydrogen (secondary N) is 1. The molecule has 0 aliphatic rings. The molecule has 1 amide bonds. The second-order valence-electron chi connectivity index (χ2n) is 5.48. The van der Waals surface area contributed by atoms with Crippen molar-refractivity contribution in [2.24, 2.45) is 0 Å². The van der Waals surface area contributed by atoms with Gasteiger partial charge in [-0.2, -0.15) is 0 Å². The summed E-state index contributed by atoms with van der Waals surface area (Å²) in [5.41, 5.74) is 1.15. The van der Waals surface area contributed by atoms with Crippen LogP contribution in [0.1, 0.15) is 46.2 Å². The lowest BCUT2D eigenvalue weighted by molar-refractivity contribution is -0.936. The van der Waals surface area contributed by atoms with Gasteiger partial charge in [-0.25, -0.2) is 0 Å². The van der Waals surface area contributed by atoms with Crippen LogP contribution in [0.4, 0.5) is 0 Å². The van der Waals surface area contributed by atoms with Crippen LogP contribution < -0.4 is 5.32 Å². The van der Waals surface area contributed by atoms with Crippen molar-refractivity contribution in [2.45, 2.75) is 46.7 Å². The van der Waals surface area contributed by atoms with Crippen molar-refractivity contribution < 1.29 is 9.28 Å². The van der Waals surface area contributed by atoms with Gasteiger partial charge in [0.2, 0.25) is 0 Å². The summed E-state index contributed by atoms with van der Waals surface area (Å²) >= 11 is 0. The van der Waals surface area contributed by atoms with E-state index in [1.165, 1.54) is 0 Å². The van der Waals surface area contributed by atoms with E-state index >= 15 is 0 Å². The van der Waals surface area contributed by atoms with Gasteiger partial charge in [-0.1, -0.05) is 30.3 Å². The lowest BCUT2D eigenvalue weighted by Crippen LogP contribution is -2.59. The van der Waals surface area contributed by atoms with Gasteiger partial charge in [0.25, 0.3) is 5.91 Å². The lowest BCUT2D eigenvalue weighted by atomic mass is 10.1. The molecule has 0 aromatic heterocycles. The first-order valence-corrected chi connectivity index (χ1v) is 7.71. The minimum absolute atomic E-state index is 0.0128. The Morgan fingerprint density at radius 2 is 1.55 bits per heavy atom. The average molecular weight is 277 g/mol. The summed E-state index contributed by atoms with van der Waals surface area (Å²) in [5, 5.41) is 3.15. The van der Waals surface area contributed by atoms with Crippen LogP contribution in [0, 0.1) is 0 Å². The molecule has 1 aromatic carbocycles. The molecular weight excluding hydrogens is 248 g/mol. The largest absolute Gasteiger partial charge is 0.344 e. The van der Waals surface area contributed by atoms with E-state index in [1.807, 2.05) is 32.0 Å². The van der Waals surface area contributed by atoms with Crippen LogP contribution in [0.5, 0.6) is 0 Å². The molecule has 3 nitrogen and oxygen atoms in total. The zero-order valence-electron chi connectivity index (χ0n) is 13.5. The molecule has 1 N–H and O–H groups in total. The topological polar surface area (TPSA) is 29.1 Å². The molecule has 1 rings (SSSR count). The Hall–Kier alpha value is -1.35. The smallest absolute Gasteiger partial charge is 0.278 e. The summed E-state index contributed by atoms with van der Waals surface area (Å²) in [6.07, 6.45) is 0. The molecule has 0 bridgehead atoms. The third-order valence-electron chi connectivity index (χ3n) is 4.75. The van der Waals surface area contributed by atoms with Crippen molar-refractivity contribution in [1.82, 2.24) is 5.32 Å². The van der Waals surface area contributed by atoms with Gasteiger partial charge in [-0.15, -0.1) is 0 Å². The fourth-order valence-corrected chi connectivity index (χ4v) is 2.90. The third kappa shape index (κ3) is 3.60. The monoisotopic (exact) mass is 277 g/mol. The van der Waals surface area contributed by atoms with Gasteiger partial charge in [0, 0.05) is 0 Å². The highest BCUT2D eigenvalue weighted by atomic mass is 16.2. The average Bonchev–Trinajstić information content (AvgIpc) is 2.50. The lowest BCUT2D eigenvalue weighted by Gasteiger charge is -2.40. The third-order valence-corrected chi connectivity index (χ3v) is 4.75. The number of carbonyl (C=O) groups excluding carboxylic acids is 1. The number of nitrogens with zero attached hydrogens (tertiary/aromatic N) is 1. The van der Waals surface area contributed by atoms with E-state index in [0.717, 1.165) is 29.7 Å². The van der Waals surface area contributed by atoms with Crippen molar-refractivity contribution >= 4 is 5.91 Å². The highest BCUT2D eigenvalue weighted by Crippen LogP contribution is 2.16. The second-order valence-corrected chi connectivity index (χ2v) is 5.48. The molecule has 0 spiro atoms. The summed E-state index contributed by atoms with van der Waals surface area (Å²) in [4.78, 5) is 12.5. The molecule has 0 aliphatic carbocycles. The minimum Gasteiger partial charge on any atom is -0.344 e. The van der Waals surface area contributed by atoms with Crippen LogP contribution in [-0.4, -0.2) is 36.1 Å². The van der Waals surface area contributed by atoms with E-state index in [4.69, 9.17) is 0 Å². The Balaban J connectivity index is 2.75. The molecule has 112 valence electrons. The van der Waals surface area contributed by atoms with Gasteiger partial charge in [0.15, 0.2) is 6.04 Å². The first-order valence-electron chi connectivity index (χ1n) is 7.71. The van der Waals surface area contributed by atoms with Crippen LogP contribution >= 0.6 is 0 Å². The number of hydrogen-bond acceptors (Lipinski definition) is 1. The predicted molar refractivity (Wildman–Crippen MR) is 84.3 cm³/mol. The van der Waals surface area contributed by atoms with E-state index in [-0.39, 0.29) is 18.0 Å². The Labute approximate surface area is 123 Å². The van der Waals surface area contributed by atoms with Gasteiger partial charge in [-0.3, -0.25) is 4.79 Å². The van der Waals surface area contributed by atoms with Crippen molar-refractivity contribution in [2.75, 3.05) is 19.6 Å². The zero-order chi connectivity index (χ0) is 15.2. The van der Waals surface area contributed by atoms with Gasteiger partial charge in [0.1, 0.15) is 0 Å². The number of rotatable bonds is 7. The molecule has 0 fully saturated rings. The van der Waals surface area contributed by atoms with Crippen LogP contribution in [0.15, 0.2) is 30.3 Å². The summed E-state index contributed by atoms with van der Waals surface area (Å²) in [6, 6.07) is 10.2. The Kier molecular flexibility index (Phi) is 6.21. The molecule has 0 aliphatic heterocycles. The van der Waals surface area contributed by atoms with Crippen LogP contribution in [0.3, 0.4) is 0 Å². The molecule has 0 radical (unpaired) electrons. The number of benzene rings is 1. The van der Waals surface area contributed by atoms with Crippen LogP contribution in [-0.2, 0) is 4.79 Å². The minimum atomic E-state index is -0.0128. The standard InChI is InChI=1S/C17H28N2O/c1-6-19(7-2,8-3)15(5)17(20)18-14(4)16-12-10-9-11-13-16/h9-15H,6-8H2,1-5H3/p+1/t14-,15+/m1/s1. The maximum atomic E-state index is 12.5. The summed E-state index contributed by atoms with van der Waals surface area (Å²) in [5.74, 6) is 0.145. The van der Waals surface area contributed by atoms with E-state index in [0.29, 0.717) is 0 Å².